The van der Waals surface area contributed by atoms with E-state index in [-0.39, 0.29) is 12.4 Å². The van der Waals surface area contributed by atoms with Gasteiger partial charge in [-0.3, -0.25) is 9.59 Å². The predicted molar refractivity (Wildman–Crippen MR) is 110 cm³/mol. The molecule has 0 radical (unpaired) electrons. The molecule has 29 heavy (non-hydrogen) atoms. The summed E-state index contributed by atoms with van der Waals surface area (Å²) in [4.78, 5) is 28.6. The van der Waals surface area contributed by atoms with Crippen LogP contribution in [-0.4, -0.2) is 33.9 Å². The van der Waals surface area contributed by atoms with Gasteiger partial charge in [-0.25, -0.2) is 4.98 Å². The Bertz CT molecular complexity index is 941. The lowest BCUT2D eigenvalue weighted by atomic mass is 10.0. The van der Waals surface area contributed by atoms with E-state index in [1.165, 1.54) is 13.3 Å². The maximum atomic E-state index is 12.3. The van der Waals surface area contributed by atoms with Gasteiger partial charge in [-0.1, -0.05) is 60.7 Å². The molecule has 0 aliphatic rings. The molecule has 0 spiro atoms. The number of ketones is 1. The minimum Gasteiger partial charge on any atom is -0.375 e. The number of amides is 1. The number of carbonyl (C=O) groups is 2. The first-order valence-corrected chi connectivity index (χ1v) is 9.31. The van der Waals surface area contributed by atoms with E-state index in [9.17, 15) is 9.59 Å². The van der Waals surface area contributed by atoms with E-state index in [1.807, 2.05) is 60.7 Å². The lowest BCUT2D eigenvalue weighted by Crippen LogP contribution is -2.39. The van der Waals surface area contributed by atoms with Crippen molar-refractivity contribution in [2.75, 3.05) is 11.9 Å². The molecule has 0 aliphatic heterocycles. The Hall–Kier alpha value is -3.29. The summed E-state index contributed by atoms with van der Waals surface area (Å²) < 4.78 is 7.19. The quantitative estimate of drug-likeness (QED) is 0.583. The topological polar surface area (TPSA) is 99.2 Å². The van der Waals surface area contributed by atoms with Crippen molar-refractivity contribution in [3.63, 3.8) is 0 Å². The van der Waals surface area contributed by atoms with Gasteiger partial charge in [0.15, 0.2) is 11.6 Å². The highest BCUT2D eigenvalue weighted by molar-refractivity contribution is 5.94. The highest BCUT2D eigenvalue weighted by Gasteiger charge is 2.20. The average molecular weight is 392 g/mol. The molecule has 3 rings (SSSR count). The smallest absolute Gasteiger partial charge is 0.244 e. The van der Waals surface area contributed by atoms with E-state index >= 15 is 0 Å². The molecule has 1 heterocycles. The zero-order chi connectivity index (χ0) is 20.6. The van der Waals surface area contributed by atoms with E-state index in [0.717, 1.165) is 11.1 Å². The number of nitrogens with zero attached hydrogens (tertiary/aromatic N) is 2. The zero-order valence-electron chi connectivity index (χ0n) is 16.2. The third-order valence-electron chi connectivity index (χ3n) is 4.40. The van der Waals surface area contributed by atoms with Crippen LogP contribution in [0.3, 0.4) is 0 Å². The van der Waals surface area contributed by atoms with Crippen molar-refractivity contribution in [2.24, 2.45) is 5.73 Å². The maximum Gasteiger partial charge on any atom is 0.244 e. The molecule has 2 aromatic carbocycles. The summed E-state index contributed by atoms with van der Waals surface area (Å²) in [6.07, 6.45) is 3.14. The third-order valence-corrected chi connectivity index (χ3v) is 4.40. The van der Waals surface area contributed by atoms with Crippen LogP contribution in [0.1, 0.15) is 24.1 Å². The van der Waals surface area contributed by atoms with Crippen LogP contribution in [-0.2, 0) is 20.9 Å². The normalized spacial score (nSPS) is 12.9. The lowest BCUT2D eigenvalue weighted by molar-refractivity contribution is -0.119. The monoisotopic (exact) mass is 392 g/mol. The van der Waals surface area contributed by atoms with Crippen molar-refractivity contribution in [3.8, 4) is 0 Å². The number of benzene rings is 2. The molecule has 7 nitrogen and oxygen atoms in total. The Labute approximate surface area is 169 Å². The Morgan fingerprint density at radius 1 is 1.10 bits per heavy atom. The number of aromatic nitrogens is 2. The molecule has 0 saturated carbocycles. The molecule has 2 unspecified atom stereocenters. The fourth-order valence-corrected chi connectivity index (χ4v) is 2.97. The third kappa shape index (κ3) is 5.60. The first kappa shape index (κ1) is 20.4. The van der Waals surface area contributed by atoms with Gasteiger partial charge in [0, 0.05) is 6.20 Å². The van der Waals surface area contributed by atoms with E-state index in [4.69, 9.17) is 10.5 Å². The van der Waals surface area contributed by atoms with Crippen LogP contribution in [0.25, 0.3) is 0 Å². The number of hydrogen-bond acceptors (Lipinski definition) is 5. The van der Waals surface area contributed by atoms with E-state index in [1.54, 1.807) is 10.8 Å². The van der Waals surface area contributed by atoms with E-state index in [0.29, 0.717) is 12.4 Å². The van der Waals surface area contributed by atoms with Gasteiger partial charge in [0.25, 0.3) is 0 Å². The minimum absolute atomic E-state index is 0.0301. The van der Waals surface area contributed by atoms with Gasteiger partial charge in [0.05, 0.1) is 19.5 Å². The summed E-state index contributed by atoms with van der Waals surface area (Å²) in [5.41, 5.74) is 7.77. The van der Waals surface area contributed by atoms with Crippen molar-refractivity contribution in [3.05, 3.63) is 84.3 Å². The predicted octanol–water partition coefficient (Wildman–Crippen LogP) is 2.54. The molecule has 2 atom stereocenters. The summed E-state index contributed by atoms with van der Waals surface area (Å²) in [7, 11) is 0. The molecule has 3 N–H and O–H groups in total. The van der Waals surface area contributed by atoms with Crippen LogP contribution >= 0.6 is 0 Å². The number of anilines is 1. The minimum atomic E-state index is -0.832. The first-order chi connectivity index (χ1) is 14.0. The Balaban J connectivity index is 1.57. The number of nitrogens with two attached hydrogens (primary N) is 1. The summed E-state index contributed by atoms with van der Waals surface area (Å²) >= 11 is 0. The van der Waals surface area contributed by atoms with Gasteiger partial charge < -0.3 is 20.4 Å². The number of imidazole rings is 1. The van der Waals surface area contributed by atoms with Crippen LogP contribution in [0, 0.1) is 0 Å². The molecule has 7 heteroatoms. The highest BCUT2D eigenvalue weighted by atomic mass is 16.5. The van der Waals surface area contributed by atoms with E-state index in [2.05, 4.69) is 10.3 Å². The molecule has 0 saturated heterocycles. The standard InChI is InChI=1S/C22H24N4O3/c1-16(27)21(18-10-6-3-7-11-18)26-12-20(24-15-26)25-22(28)19(23)14-29-13-17-8-4-2-5-9-17/h2-12,15,19,21H,13-14,23H2,1H3,(H,25,28). The molecule has 3 aromatic rings. The second-order valence-electron chi connectivity index (χ2n) is 6.73. The molecule has 1 amide bonds. The second kappa shape index (κ2) is 9.77. The molecule has 0 fully saturated rings. The van der Waals surface area contributed by atoms with Crippen LogP contribution in [0.5, 0.6) is 0 Å². The maximum absolute atomic E-state index is 12.3. The van der Waals surface area contributed by atoms with Gasteiger partial charge in [-0.2, -0.15) is 0 Å². The Morgan fingerprint density at radius 3 is 2.41 bits per heavy atom. The van der Waals surface area contributed by atoms with Crippen LogP contribution < -0.4 is 11.1 Å². The van der Waals surface area contributed by atoms with Gasteiger partial charge in [0.2, 0.25) is 5.91 Å². The summed E-state index contributed by atoms with van der Waals surface area (Å²) in [6.45, 7) is 1.99. The number of ether oxygens (including phenoxy) is 1. The lowest BCUT2D eigenvalue weighted by Gasteiger charge is -2.15. The summed E-state index contributed by atoms with van der Waals surface area (Å²) in [5.74, 6) is -0.101. The van der Waals surface area contributed by atoms with Crippen LogP contribution in [0.2, 0.25) is 0 Å². The molecule has 0 bridgehead atoms. The SMILES string of the molecule is CC(=O)C(c1ccccc1)n1cnc(NC(=O)C(N)COCc2ccccc2)c1. The first-order valence-electron chi connectivity index (χ1n) is 9.31. The molecular weight excluding hydrogens is 368 g/mol. The summed E-state index contributed by atoms with van der Waals surface area (Å²) in [5, 5.41) is 2.67. The van der Waals surface area contributed by atoms with Crippen molar-refractivity contribution >= 4 is 17.5 Å². The largest absolute Gasteiger partial charge is 0.375 e. The van der Waals surface area contributed by atoms with Gasteiger partial charge >= 0.3 is 0 Å². The number of carbonyl (C=O) groups excluding carboxylic acids is 2. The Morgan fingerprint density at radius 2 is 1.76 bits per heavy atom. The molecule has 1 aromatic heterocycles. The van der Waals surface area contributed by atoms with E-state index < -0.39 is 18.0 Å². The number of hydrogen-bond donors (Lipinski definition) is 2. The van der Waals surface area contributed by atoms with Crippen molar-refractivity contribution in [2.45, 2.75) is 25.6 Å². The fourth-order valence-electron chi connectivity index (χ4n) is 2.97. The van der Waals surface area contributed by atoms with Crippen LogP contribution in [0.4, 0.5) is 5.82 Å². The number of nitrogens with one attached hydrogen (secondary N) is 1. The van der Waals surface area contributed by atoms with Crippen LogP contribution in [0.15, 0.2) is 73.2 Å². The zero-order valence-corrected chi connectivity index (χ0v) is 16.2. The fraction of sp³-hybridized carbons (Fsp3) is 0.227. The van der Waals surface area contributed by atoms with Crippen molar-refractivity contribution < 1.29 is 14.3 Å². The van der Waals surface area contributed by atoms with Gasteiger partial charge in [-0.15, -0.1) is 0 Å². The number of rotatable bonds is 9. The summed E-state index contributed by atoms with van der Waals surface area (Å²) in [6, 6.07) is 17.7. The molecule has 150 valence electrons. The van der Waals surface area contributed by atoms with Crippen molar-refractivity contribution in [1.82, 2.24) is 9.55 Å². The van der Waals surface area contributed by atoms with Gasteiger partial charge in [0.1, 0.15) is 12.1 Å². The number of Topliss-reactive ketones (excluding diaryl/α,β-unsaturated/α-hetero) is 1. The Kier molecular flexibility index (Phi) is 6.89. The molecular formula is C22H24N4O3. The average Bonchev–Trinajstić information content (AvgIpc) is 3.17. The molecule has 0 aliphatic carbocycles. The highest BCUT2D eigenvalue weighted by Crippen LogP contribution is 2.20. The van der Waals surface area contributed by atoms with Gasteiger partial charge in [-0.05, 0) is 18.1 Å². The second-order valence-corrected chi connectivity index (χ2v) is 6.73. The van der Waals surface area contributed by atoms with Crippen molar-refractivity contribution in [1.29, 1.82) is 0 Å².